The number of nitrogens with zero attached hydrogens (tertiary/aromatic N) is 1. The van der Waals surface area contributed by atoms with Gasteiger partial charge in [0.2, 0.25) is 5.91 Å². The molecule has 1 aromatic carbocycles. The van der Waals surface area contributed by atoms with Crippen LogP contribution < -0.4 is 10.1 Å². The van der Waals surface area contributed by atoms with E-state index < -0.39 is 0 Å². The van der Waals surface area contributed by atoms with Gasteiger partial charge in [0.15, 0.2) is 0 Å². The first-order valence-corrected chi connectivity index (χ1v) is 8.68. The Hall–Kier alpha value is -1.55. The maximum absolute atomic E-state index is 12.0. The highest BCUT2D eigenvalue weighted by Gasteiger charge is 2.20. The molecule has 2 atom stereocenters. The van der Waals surface area contributed by atoms with Gasteiger partial charge in [0.25, 0.3) is 0 Å². The van der Waals surface area contributed by atoms with Gasteiger partial charge in [0.1, 0.15) is 5.75 Å². The number of amides is 1. The number of ether oxygens (including phenoxy) is 1. The summed E-state index contributed by atoms with van der Waals surface area (Å²) in [7, 11) is 1.64. The first-order valence-electron chi connectivity index (χ1n) is 8.68. The molecule has 128 valence electrons. The van der Waals surface area contributed by atoms with Crippen LogP contribution >= 0.6 is 0 Å². The highest BCUT2D eigenvalue weighted by atomic mass is 16.5. The standard InChI is InChI=1S/C19H30N2O2/c1-15-11-16(2)14-21(13-15)10-4-9-20-19(22)12-17-5-7-18(23-3)8-6-17/h5-8,15-16H,4,9-14H2,1-3H3,(H,20,22)/t15-,16-/m1/s1. The Morgan fingerprint density at radius 3 is 2.48 bits per heavy atom. The van der Waals surface area contributed by atoms with Crippen LogP contribution in [0.4, 0.5) is 0 Å². The van der Waals surface area contributed by atoms with Crippen LogP contribution in [0.5, 0.6) is 5.75 Å². The number of hydrogen-bond donors (Lipinski definition) is 1. The summed E-state index contributed by atoms with van der Waals surface area (Å²) < 4.78 is 5.12. The molecule has 1 N–H and O–H groups in total. The molecular formula is C19H30N2O2. The van der Waals surface area contributed by atoms with E-state index in [1.165, 1.54) is 19.5 Å². The smallest absolute Gasteiger partial charge is 0.224 e. The topological polar surface area (TPSA) is 41.6 Å². The molecule has 0 radical (unpaired) electrons. The highest BCUT2D eigenvalue weighted by Crippen LogP contribution is 2.20. The van der Waals surface area contributed by atoms with Crippen molar-refractivity contribution in [2.24, 2.45) is 11.8 Å². The van der Waals surface area contributed by atoms with Crippen molar-refractivity contribution < 1.29 is 9.53 Å². The molecule has 4 nitrogen and oxygen atoms in total. The fourth-order valence-corrected chi connectivity index (χ4v) is 3.50. The van der Waals surface area contributed by atoms with Crippen LogP contribution in [-0.4, -0.2) is 44.1 Å². The molecule has 0 spiro atoms. The zero-order chi connectivity index (χ0) is 16.7. The van der Waals surface area contributed by atoms with Crippen molar-refractivity contribution in [3.8, 4) is 5.75 Å². The van der Waals surface area contributed by atoms with Gasteiger partial charge in [-0.3, -0.25) is 4.79 Å². The Morgan fingerprint density at radius 2 is 1.87 bits per heavy atom. The molecular weight excluding hydrogens is 288 g/mol. The number of hydrogen-bond acceptors (Lipinski definition) is 3. The van der Waals surface area contributed by atoms with Crippen molar-refractivity contribution >= 4 is 5.91 Å². The van der Waals surface area contributed by atoms with Crippen LogP contribution in [0.15, 0.2) is 24.3 Å². The summed E-state index contributed by atoms with van der Waals surface area (Å²) in [6, 6.07) is 7.66. The van der Waals surface area contributed by atoms with Gasteiger partial charge in [-0.05, 0) is 48.9 Å². The Balaban J connectivity index is 1.62. The van der Waals surface area contributed by atoms with Crippen LogP contribution in [0.3, 0.4) is 0 Å². The van der Waals surface area contributed by atoms with Gasteiger partial charge in [-0.1, -0.05) is 26.0 Å². The predicted molar refractivity (Wildman–Crippen MR) is 93.7 cm³/mol. The summed E-state index contributed by atoms with van der Waals surface area (Å²) in [5.41, 5.74) is 1.02. The number of carbonyl (C=O) groups is 1. The van der Waals surface area contributed by atoms with Gasteiger partial charge in [-0.15, -0.1) is 0 Å². The van der Waals surface area contributed by atoms with E-state index in [4.69, 9.17) is 4.74 Å². The number of likely N-dealkylation sites (tertiary alicyclic amines) is 1. The van der Waals surface area contributed by atoms with Gasteiger partial charge in [0, 0.05) is 19.6 Å². The predicted octanol–water partition coefficient (Wildman–Crippen LogP) is 2.72. The van der Waals surface area contributed by atoms with Crippen LogP contribution in [0, 0.1) is 11.8 Å². The van der Waals surface area contributed by atoms with Crippen LogP contribution in [0.25, 0.3) is 0 Å². The second-order valence-corrected chi connectivity index (χ2v) is 6.93. The van der Waals surface area contributed by atoms with Crippen molar-refractivity contribution in [2.75, 3.05) is 33.3 Å². The van der Waals surface area contributed by atoms with Crippen molar-refractivity contribution in [3.63, 3.8) is 0 Å². The number of benzene rings is 1. The van der Waals surface area contributed by atoms with Gasteiger partial charge in [-0.2, -0.15) is 0 Å². The SMILES string of the molecule is COc1ccc(CC(=O)NCCCN2C[C@H](C)C[C@@H](C)C2)cc1. The lowest BCUT2D eigenvalue weighted by atomic mass is 9.92. The molecule has 0 aromatic heterocycles. The molecule has 0 saturated carbocycles. The van der Waals surface area contributed by atoms with Gasteiger partial charge in [0.05, 0.1) is 13.5 Å². The molecule has 1 amide bonds. The Morgan fingerprint density at radius 1 is 1.22 bits per heavy atom. The first kappa shape index (κ1) is 17.8. The number of rotatable bonds is 7. The number of carbonyl (C=O) groups excluding carboxylic acids is 1. The minimum Gasteiger partial charge on any atom is -0.497 e. The maximum Gasteiger partial charge on any atom is 0.224 e. The van der Waals surface area contributed by atoms with Gasteiger partial charge in [-0.25, -0.2) is 0 Å². The van der Waals surface area contributed by atoms with Gasteiger partial charge < -0.3 is 15.0 Å². The molecule has 0 unspecified atom stereocenters. The van der Waals surface area contributed by atoms with E-state index in [1.54, 1.807) is 7.11 Å². The summed E-state index contributed by atoms with van der Waals surface area (Å²) in [4.78, 5) is 14.5. The van der Waals surface area contributed by atoms with Crippen molar-refractivity contribution in [1.29, 1.82) is 0 Å². The minimum absolute atomic E-state index is 0.0931. The molecule has 1 aromatic rings. The van der Waals surface area contributed by atoms with E-state index in [9.17, 15) is 4.79 Å². The Bertz CT molecular complexity index is 477. The first-order chi connectivity index (χ1) is 11.1. The summed E-state index contributed by atoms with van der Waals surface area (Å²) in [5, 5.41) is 3.02. The quantitative estimate of drug-likeness (QED) is 0.786. The number of methoxy groups -OCH3 is 1. The summed E-state index contributed by atoms with van der Waals surface area (Å²) >= 11 is 0. The fourth-order valence-electron chi connectivity index (χ4n) is 3.50. The van der Waals surface area contributed by atoms with Crippen LogP contribution in [0.1, 0.15) is 32.3 Å². The lowest BCUT2D eigenvalue weighted by molar-refractivity contribution is -0.120. The normalized spacial score (nSPS) is 21.9. The summed E-state index contributed by atoms with van der Waals surface area (Å²) in [5.74, 6) is 2.50. The second kappa shape index (κ2) is 8.92. The monoisotopic (exact) mass is 318 g/mol. The highest BCUT2D eigenvalue weighted by molar-refractivity contribution is 5.78. The Labute approximate surface area is 140 Å². The molecule has 1 fully saturated rings. The van der Waals surface area contributed by atoms with E-state index in [2.05, 4.69) is 24.1 Å². The lowest BCUT2D eigenvalue weighted by Crippen LogP contribution is -2.40. The van der Waals surface area contributed by atoms with Crippen LogP contribution in [0.2, 0.25) is 0 Å². The van der Waals surface area contributed by atoms with Crippen molar-refractivity contribution in [1.82, 2.24) is 10.2 Å². The van der Waals surface area contributed by atoms with E-state index in [-0.39, 0.29) is 5.91 Å². The second-order valence-electron chi connectivity index (χ2n) is 6.93. The van der Waals surface area contributed by atoms with E-state index in [0.29, 0.717) is 6.42 Å². The lowest BCUT2D eigenvalue weighted by Gasteiger charge is -2.34. The van der Waals surface area contributed by atoms with E-state index in [0.717, 1.165) is 42.7 Å². The average Bonchev–Trinajstić information content (AvgIpc) is 2.51. The van der Waals surface area contributed by atoms with Crippen molar-refractivity contribution in [2.45, 2.75) is 33.1 Å². The summed E-state index contributed by atoms with van der Waals surface area (Å²) in [6.07, 6.45) is 2.80. The molecule has 1 saturated heterocycles. The van der Waals surface area contributed by atoms with Gasteiger partial charge >= 0.3 is 0 Å². The number of nitrogens with one attached hydrogen (secondary N) is 1. The van der Waals surface area contributed by atoms with Crippen molar-refractivity contribution in [3.05, 3.63) is 29.8 Å². The third kappa shape index (κ3) is 6.22. The largest absolute Gasteiger partial charge is 0.497 e. The average molecular weight is 318 g/mol. The molecule has 1 aliphatic rings. The minimum atomic E-state index is 0.0931. The van der Waals surface area contributed by atoms with E-state index >= 15 is 0 Å². The molecule has 1 aliphatic heterocycles. The fraction of sp³-hybridized carbons (Fsp3) is 0.632. The molecule has 4 heteroatoms. The molecule has 23 heavy (non-hydrogen) atoms. The van der Waals surface area contributed by atoms with Crippen LogP contribution in [-0.2, 0) is 11.2 Å². The number of piperidine rings is 1. The third-order valence-corrected chi connectivity index (χ3v) is 4.44. The summed E-state index contributed by atoms with van der Waals surface area (Å²) in [6.45, 7) is 8.90. The molecule has 0 bridgehead atoms. The molecule has 2 rings (SSSR count). The third-order valence-electron chi connectivity index (χ3n) is 4.44. The van der Waals surface area contributed by atoms with E-state index in [1.807, 2.05) is 24.3 Å². The maximum atomic E-state index is 12.0. The molecule has 0 aliphatic carbocycles. The zero-order valence-electron chi connectivity index (χ0n) is 14.7. The Kier molecular flexibility index (Phi) is 6.90. The molecule has 1 heterocycles. The zero-order valence-corrected chi connectivity index (χ0v) is 14.7.